The van der Waals surface area contributed by atoms with Crippen LogP contribution in [0.25, 0.3) is 11.6 Å². The van der Waals surface area contributed by atoms with E-state index in [0.29, 0.717) is 0 Å². The highest BCUT2D eigenvalue weighted by Crippen LogP contribution is 2.25. The maximum Gasteiger partial charge on any atom is 0.0902 e. The molecule has 3 aromatic carbocycles. The van der Waals surface area contributed by atoms with Gasteiger partial charge in [0.15, 0.2) is 0 Å². The van der Waals surface area contributed by atoms with E-state index >= 15 is 0 Å². The molecule has 4 aromatic rings. The van der Waals surface area contributed by atoms with Gasteiger partial charge < -0.3 is 4.42 Å². The van der Waals surface area contributed by atoms with Gasteiger partial charge in [-0.15, -0.1) is 0 Å². The van der Waals surface area contributed by atoms with Gasteiger partial charge in [0.2, 0.25) is 0 Å². The normalized spacial score (nSPS) is 9.60. The predicted molar refractivity (Wildman–Crippen MR) is 105 cm³/mol. The van der Waals surface area contributed by atoms with Crippen molar-refractivity contribution in [2.24, 2.45) is 0 Å². The molecule has 0 saturated heterocycles. The Morgan fingerprint density at radius 3 is 1.36 bits per heavy atom. The van der Waals surface area contributed by atoms with Gasteiger partial charge in [0.1, 0.15) is 0 Å². The van der Waals surface area contributed by atoms with Crippen molar-refractivity contribution >= 4 is 11.6 Å². The molecule has 0 aliphatic carbocycles. The minimum atomic E-state index is 1.22. The van der Waals surface area contributed by atoms with E-state index in [1.807, 2.05) is 18.2 Å². The maximum absolute atomic E-state index is 4.58. The van der Waals surface area contributed by atoms with E-state index in [1.54, 1.807) is 12.5 Å². The van der Waals surface area contributed by atoms with Crippen molar-refractivity contribution in [3.05, 3.63) is 132 Å². The summed E-state index contributed by atoms with van der Waals surface area (Å²) in [6.07, 6.45) is 5.49. The number of furan rings is 1. The third-order valence-corrected chi connectivity index (χ3v) is 3.71. The third kappa shape index (κ3) is 5.08. The first-order valence-electron chi connectivity index (χ1n) is 8.28. The Bertz CT molecular complexity index is 803. The molecular weight excluding hydrogens is 304 g/mol. The first-order chi connectivity index (χ1) is 12.4. The molecule has 0 spiro atoms. The van der Waals surface area contributed by atoms with Crippen LogP contribution >= 0.6 is 0 Å². The van der Waals surface area contributed by atoms with Gasteiger partial charge in [-0.25, -0.2) is 0 Å². The monoisotopic (exact) mass is 324 g/mol. The van der Waals surface area contributed by atoms with Gasteiger partial charge in [0, 0.05) is 0 Å². The summed E-state index contributed by atoms with van der Waals surface area (Å²) in [6, 6.07) is 35.2. The molecule has 1 aromatic heterocycles. The Kier molecular flexibility index (Phi) is 6.01. The highest BCUT2D eigenvalue weighted by Gasteiger charge is 2.04. The Hall–Kier alpha value is -3.32. The molecule has 0 radical (unpaired) electrons. The molecule has 25 heavy (non-hydrogen) atoms. The largest absolute Gasteiger partial charge is 0.473 e. The molecule has 0 aliphatic rings. The molecule has 122 valence electrons. The van der Waals surface area contributed by atoms with Crippen molar-refractivity contribution in [3.8, 4) is 0 Å². The molecule has 0 unspecified atom stereocenters. The Balaban J connectivity index is 0.000000314. The zero-order valence-corrected chi connectivity index (χ0v) is 14.0. The molecule has 0 fully saturated rings. The summed E-state index contributed by atoms with van der Waals surface area (Å²) in [5.74, 6) is 0. The fourth-order valence-corrected chi connectivity index (χ4v) is 2.51. The summed E-state index contributed by atoms with van der Waals surface area (Å²) in [6.45, 7) is 0. The van der Waals surface area contributed by atoms with Gasteiger partial charge in [-0.2, -0.15) is 0 Å². The average Bonchev–Trinajstić information content (AvgIpc) is 3.28. The van der Waals surface area contributed by atoms with Gasteiger partial charge in [0.05, 0.1) is 12.5 Å². The molecular formula is C24H20O. The lowest BCUT2D eigenvalue weighted by molar-refractivity contribution is 0.567. The summed E-state index contributed by atoms with van der Waals surface area (Å²) in [5.41, 5.74) is 4.94. The van der Waals surface area contributed by atoms with Crippen LogP contribution in [0.15, 0.2) is 120 Å². The molecule has 0 amide bonds. The van der Waals surface area contributed by atoms with Crippen LogP contribution < -0.4 is 0 Å². The Morgan fingerprint density at radius 1 is 0.520 bits per heavy atom. The highest BCUT2D eigenvalue weighted by molar-refractivity contribution is 5.91. The van der Waals surface area contributed by atoms with Crippen molar-refractivity contribution in [2.45, 2.75) is 0 Å². The zero-order chi connectivity index (χ0) is 17.2. The van der Waals surface area contributed by atoms with E-state index in [2.05, 4.69) is 95.4 Å². The van der Waals surface area contributed by atoms with E-state index < -0.39 is 0 Å². The van der Waals surface area contributed by atoms with Crippen LogP contribution in [0.5, 0.6) is 0 Å². The summed E-state index contributed by atoms with van der Waals surface area (Å²) >= 11 is 0. The molecule has 0 aliphatic heterocycles. The highest BCUT2D eigenvalue weighted by atomic mass is 16.3. The molecule has 0 bridgehead atoms. The first-order valence-corrected chi connectivity index (χ1v) is 8.28. The SMILES string of the molecule is C(=C(c1ccccc1)c1ccccc1)c1ccccc1.c1ccoc1. The summed E-state index contributed by atoms with van der Waals surface area (Å²) < 4.78 is 4.58. The quantitative estimate of drug-likeness (QED) is 0.389. The van der Waals surface area contributed by atoms with Crippen molar-refractivity contribution in [2.75, 3.05) is 0 Å². The average molecular weight is 324 g/mol. The van der Waals surface area contributed by atoms with Crippen LogP contribution in [-0.4, -0.2) is 0 Å². The molecule has 0 N–H and O–H groups in total. The van der Waals surface area contributed by atoms with Crippen LogP contribution in [0, 0.1) is 0 Å². The molecule has 1 heteroatoms. The van der Waals surface area contributed by atoms with E-state index in [9.17, 15) is 0 Å². The van der Waals surface area contributed by atoms with Crippen LogP contribution in [0.1, 0.15) is 16.7 Å². The standard InChI is InChI=1S/C20H16.C4H4O/c1-4-10-17(11-5-1)16-20(18-12-6-2-7-13-18)19-14-8-3-9-15-19;1-2-4-5-3-1/h1-16H;1-4H. The summed E-state index contributed by atoms with van der Waals surface area (Å²) in [5, 5.41) is 0. The van der Waals surface area contributed by atoms with Crippen LogP contribution in [0.2, 0.25) is 0 Å². The van der Waals surface area contributed by atoms with Crippen molar-refractivity contribution in [1.82, 2.24) is 0 Å². The predicted octanol–water partition coefficient (Wildman–Crippen LogP) is 6.56. The minimum Gasteiger partial charge on any atom is -0.473 e. The molecule has 1 nitrogen and oxygen atoms in total. The van der Waals surface area contributed by atoms with Crippen LogP contribution in [-0.2, 0) is 0 Å². The third-order valence-electron chi connectivity index (χ3n) is 3.71. The van der Waals surface area contributed by atoms with Crippen LogP contribution in [0.4, 0.5) is 0 Å². The van der Waals surface area contributed by atoms with Gasteiger partial charge in [-0.05, 0) is 40.5 Å². The van der Waals surface area contributed by atoms with E-state index in [4.69, 9.17) is 0 Å². The fraction of sp³-hybridized carbons (Fsp3) is 0. The summed E-state index contributed by atoms with van der Waals surface area (Å²) in [7, 11) is 0. The topological polar surface area (TPSA) is 13.1 Å². The second-order valence-corrected chi connectivity index (χ2v) is 5.49. The smallest absolute Gasteiger partial charge is 0.0902 e. The van der Waals surface area contributed by atoms with Crippen LogP contribution in [0.3, 0.4) is 0 Å². The maximum atomic E-state index is 4.58. The van der Waals surface area contributed by atoms with E-state index in [-0.39, 0.29) is 0 Å². The molecule has 4 rings (SSSR count). The summed E-state index contributed by atoms with van der Waals surface area (Å²) in [4.78, 5) is 0. The Labute approximate surface area is 148 Å². The lowest BCUT2D eigenvalue weighted by Crippen LogP contribution is -1.87. The van der Waals surface area contributed by atoms with Gasteiger partial charge in [-0.1, -0.05) is 91.0 Å². The first kappa shape index (κ1) is 16.5. The zero-order valence-electron chi connectivity index (χ0n) is 14.0. The lowest BCUT2D eigenvalue weighted by Gasteiger charge is -2.08. The number of hydrogen-bond donors (Lipinski definition) is 0. The van der Waals surface area contributed by atoms with Gasteiger partial charge in [-0.3, -0.25) is 0 Å². The number of hydrogen-bond acceptors (Lipinski definition) is 1. The number of rotatable bonds is 3. The molecule has 0 atom stereocenters. The minimum absolute atomic E-state index is 1.22. The second-order valence-electron chi connectivity index (χ2n) is 5.49. The van der Waals surface area contributed by atoms with Crippen molar-refractivity contribution < 1.29 is 4.42 Å². The van der Waals surface area contributed by atoms with Gasteiger partial charge >= 0.3 is 0 Å². The van der Waals surface area contributed by atoms with Gasteiger partial charge in [0.25, 0.3) is 0 Å². The second kappa shape index (κ2) is 9.09. The van der Waals surface area contributed by atoms with Crippen molar-refractivity contribution in [1.29, 1.82) is 0 Å². The Morgan fingerprint density at radius 2 is 0.960 bits per heavy atom. The lowest BCUT2D eigenvalue weighted by atomic mass is 9.96. The van der Waals surface area contributed by atoms with Crippen molar-refractivity contribution in [3.63, 3.8) is 0 Å². The van der Waals surface area contributed by atoms with E-state index in [1.165, 1.54) is 22.3 Å². The molecule has 0 saturated carbocycles. The van der Waals surface area contributed by atoms with E-state index in [0.717, 1.165) is 0 Å². The molecule has 1 heterocycles. The fourth-order valence-electron chi connectivity index (χ4n) is 2.51. The number of benzene rings is 3.